The normalized spacial score (nSPS) is 26.6. The van der Waals surface area contributed by atoms with Crippen molar-refractivity contribution in [3.63, 3.8) is 0 Å². The zero-order valence-electron chi connectivity index (χ0n) is 17.5. The Balaban J connectivity index is 1.24. The number of halogens is 2. The average molecular weight is 431 g/mol. The fourth-order valence-corrected chi connectivity index (χ4v) is 5.68. The number of carbonyl (C=O) groups is 1. The molecule has 2 fully saturated rings. The zero-order valence-corrected chi connectivity index (χ0v) is 17.5. The Morgan fingerprint density at radius 2 is 1.94 bits per heavy atom. The van der Waals surface area contributed by atoms with Gasteiger partial charge in [-0.2, -0.15) is 0 Å². The largest absolute Gasteiger partial charge is 0.325 e. The fourth-order valence-electron chi connectivity index (χ4n) is 5.68. The van der Waals surface area contributed by atoms with Gasteiger partial charge in [-0.25, -0.2) is 13.8 Å². The molecule has 3 aromatic rings. The number of nitrogens with one attached hydrogen (secondary N) is 1. The van der Waals surface area contributed by atoms with Crippen LogP contribution in [-0.2, 0) is 4.79 Å². The summed E-state index contributed by atoms with van der Waals surface area (Å²) in [4.78, 5) is 20.8. The number of hydrogen-bond acceptors (Lipinski definition) is 3. The van der Waals surface area contributed by atoms with Gasteiger partial charge < -0.3 is 5.32 Å². The molecular formula is C26H23F2N3O. The molecule has 2 aromatic heterocycles. The lowest BCUT2D eigenvalue weighted by Crippen LogP contribution is -2.28. The molecule has 5 rings (SSSR count). The molecular weight excluding hydrogens is 408 g/mol. The second-order valence-electron chi connectivity index (χ2n) is 9.11. The Morgan fingerprint density at radius 1 is 1.16 bits per heavy atom. The number of anilines is 1. The van der Waals surface area contributed by atoms with Gasteiger partial charge in [0.25, 0.3) is 0 Å². The lowest BCUT2D eigenvalue weighted by molar-refractivity contribution is -0.118. The van der Waals surface area contributed by atoms with Gasteiger partial charge in [0.2, 0.25) is 5.91 Å². The minimum Gasteiger partial charge on any atom is -0.325 e. The molecule has 32 heavy (non-hydrogen) atoms. The van der Waals surface area contributed by atoms with Gasteiger partial charge in [0.15, 0.2) is 0 Å². The van der Waals surface area contributed by atoms with Gasteiger partial charge >= 0.3 is 0 Å². The first-order valence-corrected chi connectivity index (χ1v) is 10.9. The number of hydrogen-bond donors (Lipinski definition) is 1. The van der Waals surface area contributed by atoms with E-state index in [4.69, 9.17) is 6.42 Å². The van der Waals surface area contributed by atoms with Crippen molar-refractivity contribution >= 4 is 22.5 Å². The molecule has 1 amide bonds. The maximum atomic E-state index is 15.6. The van der Waals surface area contributed by atoms with E-state index in [1.54, 1.807) is 30.5 Å². The van der Waals surface area contributed by atoms with Crippen LogP contribution < -0.4 is 5.32 Å². The van der Waals surface area contributed by atoms with Crippen LogP contribution in [0.25, 0.3) is 10.9 Å². The minimum absolute atomic E-state index is 0.162. The summed E-state index contributed by atoms with van der Waals surface area (Å²) in [5.74, 6) is 2.51. The molecule has 1 N–H and O–H groups in total. The number of rotatable bonds is 4. The second-order valence-corrected chi connectivity index (χ2v) is 9.11. The van der Waals surface area contributed by atoms with Gasteiger partial charge in [-0.15, -0.1) is 6.42 Å². The van der Waals surface area contributed by atoms with Crippen LogP contribution in [0.3, 0.4) is 0 Å². The number of alkyl halides is 1. The second kappa shape index (κ2) is 7.98. The van der Waals surface area contributed by atoms with Gasteiger partial charge in [0.1, 0.15) is 17.2 Å². The highest BCUT2D eigenvalue weighted by atomic mass is 19.1. The van der Waals surface area contributed by atoms with Crippen molar-refractivity contribution < 1.29 is 13.6 Å². The summed E-state index contributed by atoms with van der Waals surface area (Å²) in [5.41, 5.74) is 1.36. The molecule has 1 unspecified atom stereocenters. The third-order valence-corrected chi connectivity index (χ3v) is 6.95. The molecule has 0 spiro atoms. The van der Waals surface area contributed by atoms with E-state index in [-0.39, 0.29) is 35.9 Å². The van der Waals surface area contributed by atoms with Crippen molar-refractivity contribution in [2.24, 2.45) is 11.8 Å². The van der Waals surface area contributed by atoms with E-state index in [0.717, 1.165) is 29.3 Å². The Bertz CT molecular complexity index is 1200. The van der Waals surface area contributed by atoms with Crippen LogP contribution >= 0.6 is 0 Å². The molecule has 1 aromatic carbocycles. The van der Waals surface area contributed by atoms with E-state index in [1.807, 2.05) is 6.07 Å². The first-order chi connectivity index (χ1) is 15.4. The lowest BCUT2D eigenvalue weighted by Gasteiger charge is -2.22. The van der Waals surface area contributed by atoms with Crippen LogP contribution in [0.15, 0.2) is 48.8 Å². The van der Waals surface area contributed by atoms with Crippen LogP contribution in [0, 0.1) is 30.0 Å². The summed E-state index contributed by atoms with van der Waals surface area (Å²) in [5, 5.41) is 3.56. The predicted octanol–water partition coefficient (Wildman–Crippen LogP) is 5.39. The third kappa shape index (κ3) is 3.95. The maximum Gasteiger partial charge on any atom is 0.227 e. The summed E-state index contributed by atoms with van der Waals surface area (Å²) in [6.07, 6.45) is 10.8. The van der Waals surface area contributed by atoms with Crippen molar-refractivity contribution in [3.05, 3.63) is 65.9 Å². The number of fused-ring (bicyclic) bond motifs is 2. The van der Waals surface area contributed by atoms with Crippen LogP contribution in [0.2, 0.25) is 0 Å². The first kappa shape index (κ1) is 20.6. The third-order valence-electron chi connectivity index (χ3n) is 6.95. The van der Waals surface area contributed by atoms with E-state index < -0.39 is 5.67 Å². The smallest absolute Gasteiger partial charge is 0.227 e. The van der Waals surface area contributed by atoms with Crippen LogP contribution in [0.1, 0.15) is 49.3 Å². The molecule has 0 aliphatic heterocycles. The van der Waals surface area contributed by atoms with Gasteiger partial charge in [-0.05, 0) is 85.4 Å². The minimum atomic E-state index is -1.50. The maximum absolute atomic E-state index is 15.6. The topological polar surface area (TPSA) is 54.9 Å². The molecule has 2 saturated carbocycles. The monoisotopic (exact) mass is 431 g/mol. The predicted molar refractivity (Wildman–Crippen MR) is 119 cm³/mol. The highest BCUT2D eigenvalue weighted by Crippen LogP contribution is 2.56. The molecule has 4 nitrogen and oxygen atoms in total. The summed E-state index contributed by atoms with van der Waals surface area (Å²) in [6, 6.07) is 9.93. The van der Waals surface area contributed by atoms with Crippen LogP contribution in [0.4, 0.5) is 14.5 Å². The van der Waals surface area contributed by atoms with Gasteiger partial charge in [0.05, 0.1) is 23.8 Å². The van der Waals surface area contributed by atoms with E-state index >= 15 is 4.39 Å². The fraction of sp³-hybridized carbons (Fsp3) is 0.346. The van der Waals surface area contributed by atoms with E-state index in [1.165, 1.54) is 12.3 Å². The molecule has 2 aliphatic rings. The summed E-state index contributed by atoms with van der Waals surface area (Å²) < 4.78 is 29.4. The van der Waals surface area contributed by atoms with Gasteiger partial charge in [0, 0.05) is 11.6 Å². The van der Waals surface area contributed by atoms with E-state index in [9.17, 15) is 9.18 Å². The number of pyridine rings is 2. The molecule has 2 aliphatic carbocycles. The highest BCUT2D eigenvalue weighted by molar-refractivity contribution is 5.91. The first-order valence-electron chi connectivity index (χ1n) is 10.9. The van der Waals surface area contributed by atoms with Crippen molar-refractivity contribution in [1.29, 1.82) is 0 Å². The number of carbonyl (C=O) groups excluding carboxylic acids is 1. The quantitative estimate of drug-likeness (QED) is 0.564. The number of aromatic nitrogens is 2. The lowest BCUT2D eigenvalue weighted by atomic mass is 9.88. The number of terminal acetylenes is 1. The van der Waals surface area contributed by atoms with Crippen LogP contribution in [0.5, 0.6) is 0 Å². The Labute approximate surface area is 185 Å². The molecule has 0 saturated heterocycles. The molecule has 6 heteroatoms. The molecule has 0 radical (unpaired) electrons. The van der Waals surface area contributed by atoms with E-state index in [2.05, 4.69) is 21.2 Å². The molecule has 4 atom stereocenters. The van der Waals surface area contributed by atoms with Crippen molar-refractivity contribution in [2.75, 3.05) is 5.32 Å². The Morgan fingerprint density at radius 3 is 2.62 bits per heavy atom. The molecule has 2 heterocycles. The van der Waals surface area contributed by atoms with Crippen molar-refractivity contribution in [2.45, 2.75) is 43.7 Å². The number of amides is 1. The zero-order chi connectivity index (χ0) is 22.3. The van der Waals surface area contributed by atoms with Crippen molar-refractivity contribution in [1.82, 2.24) is 9.97 Å². The standard InChI is InChI=1S/C26H23F2N3O/c1-2-20-4-5-21(15-30-20)31-25(32)14-26(28)12-17-9-16(10-18(17)13-26)22-7-8-29-24-6-3-19(27)11-23(22)24/h1,3-8,11,15-18H,9-10,12-14H2,(H,31,32)/t16-,17-,18+,26?. The van der Waals surface area contributed by atoms with Gasteiger partial charge in [-0.1, -0.05) is 5.92 Å². The van der Waals surface area contributed by atoms with Gasteiger partial charge in [-0.3, -0.25) is 9.78 Å². The average Bonchev–Trinajstić information content (AvgIpc) is 3.28. The number of nitrogens with zero attached hydrogens (tertiary/aromatic N) is 2. The molecule has 162 valence electrons. The van der Waals surface area contributed by atoms with E-state index in [0.29, 0.717) is 24.2 Å². The van der Waals surface area contributed by atoms with Crippen LogP contribution in [-0.4, -0.2) is 21.5 Å². The SMILES string of the molecule is C#Cc1ccc(NC(=O)CC2(F)C[C@H]3C[C@@H](c4ccnc5ccc(F)cc45)C[C@H]3C2)cn1. The Hall–Kier alpha value is -3.33. The number of benzene rings is 1. The summed E-state index contributed by atoms with van der Waals surface area (Å²) in [6.45, 7) is 0. The Kier molecular flexibility index (Phi) is 5.13. The highest BCUT2D eigenvalue weighted by Gasteiger charge is 2.51. The summed E-state index contributed by atoms with van der Waals surface area (Å²) in [7, 11) is 0. The molecule has 0 bridgehead atoms. The van der Waals surface area contributed by atoms with Crippen molar-refractivity contribution in [3.8, 4) is 12.3 Å². The summed E-state index contributed by atoms with van der Waals surface area (Å²) >= 11 is 0.